The number of rotatable bonds is 2. The van der Waals surface area contributed by atoms with Crippen LogP contribution in [0.5, 0.6) is 0 Å². The van der Waals surface area contributed by atoms with Gasteiger partial charge in [0.2, 0.25) is 0 Å². The second kappa shape index (κ2) is 6.14. The normalized spacial score (nSPS) is 10.3. The van der Waals surface area contributed by atoms with Crippen molar-refractivity contribution >= 4 is 29.0 Å². The third-order valence-corrected chi connectivity index (χ3v) is 3.38. The Hall–Kier alpha value is -2.07. The summed E-state index contributed by atoms with van der Waals surface area (Å²) in [5, 5.41) is 5.40. The van der Waals surface area contributed by atoms with Crippen molar-refractivity contribution in [2.75, 3.05) is 10.6 Å². The Labute approximate surface area is 128 Å². The first kappa shape index (κ1) is 15.3. The molecule has 0 fully saturated rings. The third-order valence-electron chi connectivity index (χ3n) is 3.09. The van der Waals surface area contributed by atoms with E-state index in [1.165, 1.54) is 18.2 Å². The van der Waals surface area contributed by atoms with Gasteiger partial charge in [-0.15, -0.1) is 0 Å². The molecule has 0 aromatic heterocycles. The number of carbonyl (C=O) groups is 1. The Morgan fingerprint density at radius 3 is 2.24 bits per heavy atom. The molecule has 0 unspecified atom stereocenters. The number of aryl methyl sites for hydroxylation is 3. The van der Waals surface area contributed by atoms with E-state index in [0.717, 1.165) is 22.4 Å². The fourth-order valence-corrected chi connectivity index (χ4v) is 2.41. The topological polar surface area (TPSA) is 41.1 Å². The second-order valence-corrected chi connectivity index (χ2v) is 5.39. The van der Waals surface area contributed by atoms with Gasteiger partial charge in [-0.1, -0.05) is 29.3 Å². The highest BCUT2D eigenvalue weighted by molar-refractivity contribution is 6.31. The van der Waals surface area contributed by atoms with E-state index >= 15 is 0 Å². The first-order valence-corrected chi connectivity index (χ1v) is 6.85. The molecule has 21 heavy (non-hydrogen) atoms. The standard InChI is InChI=1S/C16H16ClFN2O/c1-9-6-10(2)15(11(3)7-9)20-16(21)19-12-4-5-14(18)13(17)8-12/h4-8H,1-3H3,(H2,19,20,21). The highest BCUT2D eigenvalue weighted by atomic mass is 35.5. The van der Waals surface area contributed by atoms with Gasteiger partial charge in [-0.05, 0) is 50.1 Å². The number of halogens is 2. The Balaban J connectivity index is 2.13. The average Bonchev–Trinajstić information content (AvgIpc) is 2.38. The van der Waals surface area contributed by atoms with Gasteiger partial charge >= 0.3 is 6.03 Å². The van der Waals surface area contributed by atoms with Gasteiger partial charge in [0.05, 0.1) is 5.02 Å². The molecule has 5 heteroatoms. The van der Waals surface area contributed by atoms with E-state index in [9.17, 15) is 9.18 Å². The van der Waals surface area contributed by atoms with E-state index in [1.54, 1.807) is 0 Å². The van der Waals surface area contributed by atoms with E-state index < -0.39 is 11.8 Å². The summed E-state index contributed by atoms with van der Waals surface area (Å²) in [5.41, 5.74) is 4.31. The summed E-state index contributed by atoms with van der Waals surface area (Å²) >= 11 is 5.68. The first-order chi connectivity index (χ1) is 9.86. The highest BCUT2D eigenvalue weighted by Gasteiger charge is 2.09. The summed E-state index contributed by atoms with van der Waals surface area (Å²) in [6.45, 7) is 5.87. The maximum absolute atomic E-state index is 13.1. The molecule has 2 aromatic rings. The van der Waals surface area contributed by atoms with Crippen LogP contribution < -0.4 is 10.6 Å². The van der Waals surface area contributed by atoms with E-state index in [4.69, 9.17) is 11.6 Å². The molecule has 2 rings (SSSR count). The molecule has 0 radical (unpaired) electrons. The molecule has 2 amide bonds. The van der Waals surface area contributed by atoms with Gasteiger partial charge in [-0.25, -0.2) is 9.18 Å². The monoisotopic (exact) mass is 306 g/mol. The first-order valence-electron chi connectivity index (χ1n) is 6.47. The lowest BCUT2D eigenvalue weighted by Crippen LogP contribution is -2.20. The lowest BCUT2D eigenvalue weighted by Gasteiger charge is -2.13. The van der Waals surface area contributed by atoms with Crippen LogP contribution >= 0.6 is 11.6 Å². The van der Waals surface area contributed by atoms with Gasteiger partial charge < -0.3 is 10.6 Å². The highest BCUT2D eigenvalue weighted by Crippen LogP contribution is 2.23. The van der Waals surface area contributed by atoms with Crippen molar-refractivity contribution < 1.29 is 9.18 Å². The maximum atomic E-state index is 13.1. The van der Waals surface area contributed by atoms with Gasteiger partial charge in [0.25, 0.3) is 0 Å². The summed E-state index contributed by atoms with van der Waals surface area (Å²) < 4.78 is 13.1. The number of nitrogens with one attached hydrogen (secondary N) is 2. The van der Waals surface area contributed by atoms with Crippen LogP contribution in [0.3, 0.4) is 0 Å². The van der Waals surface area contributed by atoms with E-state index in [2.05, 4.69) is 10.6 Å². The largest absolute Gasteiger partial charge is 0.323 e. The predicted molar refractivity (Wildman–Crippen MR) is 84.7 cm³/mol. The van der Waals surface area contributed by atoms with Gasteiger partial charge in [-0.2, -0.15) is 0 Å². The Morgan fingerprint density at radius 1 is 1.05 bits per heavy atom. The van der Waals surface area contributed by atoms with Crippen LogP contribution in [0, 0.1) is 26.6 Å². The number of hydrogen-bond acceptors (Lipinski definition) is 1. The number of urea groups is 1. The number of anilines is 2. The molecule has 0 aliphatic heterocycles. The lowest BCUT2D eigenvalue weighted by molar-refractivity contribution is 0.262. The summed E-state index contributed by atoms with van der Waals surface area (Å²) in [7, 11) is 0. The summed E-state index contributed by atoms with van der Waals surface area (Å²) in [6, 6.07) is 7.63. The molecule has 2 aromatic carbocycles. The molecule has 2 N–H and O–H groups in total. The van der Waals surface area contributed by atoms with Crippen LogP contribution in [0.15, 0.2) is 30.3 Å². The van der Waals surface area contributed by atoms with Crippen LogP contribution in [-0.2, 0) is 0 Å². The number of benzene rings is 2. The van der Waals surface area contributed by atoms with Gasteiger partial charge in [0.1, 0.15) is 5.82 Å². The molecule has 110 valence electrons. The van der Waals surface area contributed by atoms with Gasteiger partial charge in [-0.3, -0.25) is 0 Å². The van der Waals surface area contributed by atoms with Crippen molar-refractivity contribution in [3.63, 3.8) is 0 Å². The molecular weight excluding hydrogens is 291 g/mol. The Kier molecular flexibility index (Phi) is 4.48. The Morgan fingerprint density at radius 2 is 1.67 bits per heavy atom. The number of carbonyl (C=O) groups excluding carboxylic acids is 1. The fourth-order valence-electron chi connectivity index (χ4n) is 2.23. The molecule has 0 saturated carbocycles. The summed E-state index contributed by atoms with van der Waals surface area (Å²) in [5.74, 6) is -0.521. The van der Waals surface area contributed by atoms with Crippen LogP contribution in [0.2, 0.25) is 5.02 Å². The molecule has 0 aliphatic carbocycles. The van der Waals surface area contributed by atoms with Crippen LogP contribution in [0.25, 0.3) is 0 Å². The summed E-state index contributed by atoms with van der Waals surface area (Å²) in [6.07, 6.45) is 0. The second-order valence-electron chi connectivity index (χ2n) is 4.98. The molecule has 0 bridgehead atoms. The fraction of sp³-hybridized carbons (Fsp3) is 0.188. The summed E-state index contributed by atoms with van der Waals surface area (Å²) in [4.78, 5) is 12.0. The molecule has 0 saturated heterocycles. The number of hydrogen-bond donors (Lipinski definition) is 2. The van der Waals surface area contributed by atoms with Crippen molar-refractivity contribution in [3.05, 3.63) is 57.9 Å². The van der Waals surface area contributed by atoms with Gasteiger partial charge in [0.15, 0.2) is 0 Å². The average molecular weight is 307 g/mol. The quantitative estimate of drug-likeness (QED) is 0.801. The molecular formula is C16H16ClFN2O. The van der Waals surface area contributed by atoms with E-state index in [-0.39, 0.29) is 5.02 Å². The lowest BCUT2D eigenvalue weighted by atomic mass is 10.1. The molecule has 3 nitrogen and oxygen atoms in total. The predicted octanol–water partition coefficient (Wildman–Crippen LogP) is 5.05. The minimum atomic E-state index is -0.521. The van der Waals surface area contributed by atoms with Crippen molar-refractivity contribution in [1.82, 2.24) is 0 Å². The zero-order chi connectivity index (χ0) is 15.6. The molecule has 0 spiro atoms. The minimum absolute atomic E-state index is 0.0319. The van der Waals surface area contributed by atoms with Crippen molar-refractivity contribution in [3.8, 4) is 0 Å². The van der Waals surface area contributed by atoms with E-state index in [1.807, 2.05) is 32.9 Å². The third kappa shape index (κ3) is 3.73. The molecule has 0 atom stereocenters. The number of amides is 2. The zero-order valence-electron chi connectivity index (χ0n) is 12.1. The van der Waals surface area contributed by atoms with Crippen molar-refractivity contribution in [2.45, 2.75) is 20.8 Å². The van der Waals surface area contributed by atoms with Crippen LogP contribution in [-0.4, -0.2) is 6.03 Å². The van der Waals surface area contributed by atoms with E-state index in [0.29, 0.717) is 5.69 Å². The molecule has 0 heterocycles. The SMILES string of the molecule is Cc1cc(C)c(NC(=O)Nc2ccc(F)c(Cl)c2)c(C)c1. The zero-order valence-corrected chi connectivity index (χ0v) is 12.8. The van der Waals surface area contributed by atoms with Crippen molar-refractivity contribution in [1.29, 1.82) is 0 Å². The maximum Gasteiger partial charge on any atom is 0.323 e. The minimum Gasteiger partial charge on any atom is -0.308 e. The van der Waals surface area contributed by atoms with Crippen LogP contribution in [0.1, 0.15) is 16.7 Å². The van der Waals surface area contributed by atoms with Crippen LogP contribution in [0.4, 0.5) is 20.6 Å². The van der Waals surface area contributed by atoms with Crippen molar-refractivity contribution in [2.24, 2.45) is 0 Å². The Bertz CT molecular complexity index is 678. The van der Waals surface area contributed by atoms with Gasteiger partial charge in [0, 0.05) is 11.4 Å². The molecule has 0 aliphatic rings. The smallest absolute Gasteiger partial charge is 0.308 e.